The minimum absolute atomic E-state index is 0.127. The topological polar surface area (TPSA) is 91.5 Å². The molecule has 38 heavy (non-hydrogen) atoms. The molecule has 0 amide bonds. The number of H-pyrrole nitrogens is 1. The van der Waals surface area contributed by atoms with Crippen LogP contribution >= 0.6 is 0 Å². The standard InChI is InChI=1S/C30H40N6O2/c1-4-17-37-27-21-38-29(27)35-15-9-22(10-16-35)23-7-11-30(18-23,12-13-31)36-20-24(19-34-36)28(32-6-3)25-8-14-33-26(25)5-2/h6,8,14,19-20,22-23,27,29,33H,2,4,7,9-12,15-18,21H2,1,3H3/b28-25-,32-6-. The van der Waals surface area contributed by atoms with E-state index in [1.165, 1.54) is 12.8 Å². The Kier molecular flexibility index (Phi) is 8.30. The Bertz CT molecular complexity index is 1310. The van der Waals surface area contributed by atoms with Gasteiger partial charge in [-0.05, 0) is 63.4 Å². The van der Waals surface area contributed by atoms with E-state index in [4.69, 9.17) is 14.6 Å². The molecule has 2 aromatic heterocycles. The number of aromatic nitrogens is 3. The fourth-order valence-electron chi connectivity index (χ4n) is 6.64. The second kappa shape index (κ2) is 11.8. The Balaban J connectivity index is 1.29. The molecule has 2 aliphatic heterocycles. The van der Waals surface area contributed by atoms with Crippen molar-refractivity contribution in [2.45, 2.75) is 76.7 Å². The summed E-state index contributed by atoms with van der Waals surface area (Å²) < 4.78 is 13.9. The molecule has 0 aromatic carbocycles. The number of rotatable bonds is 9. The molecule has 4 atom stereocenters. The summed E-state index contributed by atoms with van der Waals surface area (Å²) in [6, 6.07) is 4.47. The van der Waals surface area contributed by atoms with Crippen LogP contribution in [0.5, 0.6) is 0 Å². The molecule has 8 nitrogen and oxygen atoms in total. The number of aromatic amines is 1. The molecule has 2 aromatic rings. The maximum absolute atomic E-state index is 9.81. The van der Waals surface area contributed by atoms with Crippen molar-refractivity contribution < 1.29 is 9.47 Å². The lowest BCUT2D eigenvalue weighted by molar-refractivity contribution is -0.249. The van der Waals surface area contributed by atoms with Gasteiger partial charge in [0.15, 0.2) is 0 Å². The molecular formula is C30H40N6O2. The normalized spacial score (nSPS) is 29.2. The van der Waals surface area contributed by atoms with Crippen molar-refractivity contribution in [1.29, 1.82) is 5.26 Å². The Morgan fingerprint density at radius 2 is 2.21 bits per heavy atom. The summed E-state index contributed by atoms with van der Waals surface area (Å²) in [7, 11) is 0. The molecule has 2 saturated heterocycles. The van der Waals surface area contributed by atoms with Crippen LogP contribution in [-0.4, -0.2) is 64.5 Å². The molecule has 0 spiro atoms. The fourth-order valence-corrected chi connectivity index (χ4v) is 6.64. The molecule has 3 fully saturated rings. The van der Waals surface area contributed by atoms with Gasteiger partial charge in [-0.25, -0.2) is 0 Å². The number of nitriles is 1. The van der Waals surface area contributed by atoms with Crippen LogP contribution in [-0.2, 0) is 15.0 Å². The number of hydrogen-bond acceptors (Lipinski definition) is 6. The third-order valence-electron chi connectivity index (χ3n) is 8.70. The van der Waals surface area contributed by atoms with Crippen LogP contribution in [0.3, 0.4) is 0 Å². The largest absolute Gasteiger partial charge is 0.372 e. The molecule has 5 rings (SSSR count). The molecule has 8 heteroatoms. The molecule has 1 aliphatic carbocycles. The van der Waals surface area contributed by atoms with Crippen LogP contribution in [0.1, 0.15) is 64.4 Å². The SMILES string of the molecule is C=C=c1[nH]cc/c1=C(/N=C\C)c1cnn(C2(CC#N)CCC(C3CCN(C4OCC4OCCC)CC3)C2)c1. The van der Waals surface area contributed by atoms with Crippen molar-refractivity contribution >= 4 is 17.6 Å². The summed E-state index contributed by atoms with van der Waals surface area (Å²) in [5.74, 6) is 1.28. The lowest BCUT2D eigenvalue weighted by Gasteiger charge is -2.46. The minimum atomic E-state index is -0.266. The van der Waals surface area contributed by atoms with Gasteiger partial charge < -0.3 is 14.5 Å². The number of hydrogen-bond donors (Lipinski definition) is 1. The Morgan fingerprint density at radius 1 is 1.37 bits per heavy atom. The predicted octanol–water partition coefficient (Wildman–Crippen LogP) is 3.30. The first-order chi connectivity index (χ1) is 18.6. The van der Waals surface area contributed by atoms with Gasteiger partial charge in [-0.1, -0.05) is 13.5 Å². The highest BCUT2D eigenvalue weighted by molar-refractivity contribution is 5.72. The van der Waals surface area contributed by atoms with Gasteiger partial charge in [0.2, 0.25) is 0 Å². The van der Waals surface area contributed by atoms with Gasteiger partial charge in [-0.15, -0.1) is 5.73 Å². The van der Waals surface area contributed by atoms with Crippen molar-refractivity contribution in [2.75, 3.05) is 26.3 Å². The maximum Gasteiger partial charge on any atom is 0.139 e. The lowest BCUT2D eigenvalue weighted by atomic mass is 9.81. The fraction of sp³-hybridized carbons (Fsp3) is 0.600. The van der Waals surface area contributed by atoms with E-state index in [2.05, 4.69) is 51.1 Å². The zero-order chi connectivity index (χ0) is 26.5. The van der Waals surface area contributed by atoms with Gasteiger partial charge in [0.1, 0.15) is 12.3 Å². The highest BCUT2D eigenvalue weighted by atomic mass is 16.6. The number of likely N-dealkylation sites (tertiary alicyclic amines) is 1. The van der Waals surface area contributed by atoms with Crippen molar-refractivity contribution in [3.05, 3.63) is 47.4 Å². The van der Waals surface area contributed by atoms with Gasteiger partial charge in [0, 0.05) is 49.1 Å². The van der Waals surface area contributed by atoms with E-state index in [1.807, 2.05) is 25.4 Å². The smallest absolute Gasteiger partial charge is 0.139 e. The number of piperidine rings is 1. The molecule has 4 unspecified atom stereocenters. The monoisotopic (exact) mass is 516 g/mol. The zero-order valence-corrected chi connectivity index (χ0v) is 22.7. The van der Waals surface area contributed by atoms with Gasteiger partial charge in [0.05, 0.1) is 41.9 Å². The first-order valence-electron chi connectivity index (χ1n) is 14.1. The van der Waals surface area contributed by atoms with Crippen LogP contribution in [0.25, 0.3) is 11.4 Å². The second-order valence-electron chi connectivity index (χ2n) is 10.9. The second-order valence-corrected chi connectivity index (χ2v) is 10.9. The number of nitrogens with zero attached hydrogens (tertiary/aromatic N) is 5. The molecule has 0 radical (unpaired) electrons. The number of aliphatic imine (C=N–C) groups is 1. The Labute approximate surface area is 225 Å². The average molecular weight is 517 g/mol. The van der Waals surface area contributed by atoms with Crippen LogP contribution < -0.4 is 10.6 Å². The van der Waals surface area contributed by atoms with Crippen molar-refractivity contribution in [3.63, 3.8) is 0 Å². The summed E-state index contributed by atoms with van der Waals surface area (Å²) in [4.78, 5) is 10.3. The van der Waals surface area contributed by atoms with E-state index in [-0.39, 0.29) is 17.9 Å². The zero-order valence-electron chi connectivity index (χ0n) is 22.7. The summed E-state index contributed by atoms with van der Waals surface area (Å²) in [5.41, 5.74) is 4.46. The van der Waals surface area contributed by atoms with Crippen molar-refractivity contribution in [1.82, 2.24) is 19.7 Å². The van der Waals surface area contributed by atoms with E-state index >= 15 is 0 Å². The molecule has 3 aliphatic rings. The predicted molar refractivity (Wildman–Crippen MR) is 148 cm³/mol. The average Bonchev–Trinajstić information content (AvgIpc) is 3.68. The van der Waals surface area contributed by atoms with Crippen LogP contribution in [0.4, 0.5) is 0 Å². The third kappa shape index (κ3) is 5.17. The van der Waals surface area contributed by atoms with Gasteiger partial charge in [-0.3, -0.25) is 14.6 Å². The first-order valence-corrected chi connectivity index (χ1v) is 14.1. The molecule has 202 valence electrons. The molecular weight excluding hydrogens is 476 g/mol. The first kappa shape index (κ1) is 26.6. The highest BCUT2D eigenvalue weighted by Gasteiger charge is 2.46. The molecule has 4 heterocycles. The summed E-state index contributed by atoms with van der Waals surface area (Å²) in [6.07, 6.45) is 15.0. The Morgan fingerprint density at radius 3 is 2.89 bits per heavy atom. The van der Waals surface area contributed by atoms with Gasteiger partial charge in [0.25, 0.3) is 0 Å². The van der Waals surface area contributed by atoms with E-state index in [9.17, 15) is 5.26 Å². The third-order valence-corrected chi connectivity index (χ3v) is 8.70. The van der Waals surface area contributed by atoms with E-state index in [0.29, 0.717) is 18.3 Å². The summed E-state index contributed by atoms with van der Waals surface area (Å²) >= 11 is 0. The van der Waals surface area contributed by atoms with Gasteiger partial charge >= 0.3 is 0 Å². The minimum Gasteiger partial charge on any atom is -0.372 e. The lowest BCUT2D eigenvalue weighted by Crippen LogP contribution is -2.59. The van der Waals surface area contributed by atoms with Crippen molar-refractivity contribution in [3.8, 4) is 6.07 Å². The number of nitrogens with one attached hydrogen (secondary N) is 1. The molecule has 1 saturated carbocycles. The Hall–Kier alpha value is -2.95. The highest BCUT2D eigenvalue weighted by Crippen LogP contribution is 2.48. The van der Waals surface area contributed by atoms with E-state index in [1.54, 1.807) is 6.21 Å². The quantitative estimate of drug-likeness (QED) is 0.517. The van der Waals surface area contributed by atoms with Crippen LogP contribution in [0.2, 0.25) is 0 Å². The van der Waals surface area contributed by atoms with Crippen LogP contribution in [0, 0.1) is 23.2 Å². The van der Waals surface area contributed by atoms with Gasteiger partial charge in [-0.2, -0.15) is 10.4 Å². The van der Waals surface area contributed by atoms with Crippen molar-refractivity contribution in [2.24, 2.45) is 16.8 Å². The van der Waals surface area contributed by atoms with E-state index in [0.717, 1.165) is 73.8 Å². The summed E-state index contributed by atoms with van der Waals surface area (Å²) in [5, 5.41) is 16.4. The van der Waals surface area contributed by atoms with Crippen LogP contribution in [0.15, 0.2) is 36.2 Å². The maximum atomic E-state index is 9.81. The molecule has 1 N–H and O–H groups in total. The molecule has 0 bridgehead atoms. The van der Waals surface area contributed by atoms with E-state index < -0.39 is 0 Å². The number of ether oxygens (including phenoxy) is 2. The summed E-state index contributed by atoms with van der Waals surface area (Å²) in [6.45, 7) is 11.5.